The van der Waals surface area contributed by atoms with E-state index >= 15 is 0 Å². The molecule has 1 aliphatic rings. The number of nitrogens with one attached hydrogen (secondary N) is 2. The summed E-state index contributed by atoms with van der Waals surface area (Å²) in [6.07, 6.45) is 1.49. The highest BCUT2D eigenvalue weighted by molar-refractivity contribution is 8.18. The zero-order chi connectivity index (χ0) is 28.8. The van der Waals surface area contributed by atoms with Crippen LogP contribution in [0.2, 0.25) is 5.02 Å². The average Bonchev–Trinajstić information content (AvgIpc) is 3.17. The van der Waals surface area contributed by atoms with Crippen LogP contribution in [0.5, 0.6) is 11.5 Å². The first-order valence-corrected chi connectivity index (χ1v) is 13.0. The number of amides is 4. The zero-order valence-electron chi connectivity index (χ0n) is 21.3. The highest BCUT2D eigenvalue weighted by Gasteiger charge is 2.36. The number of halogens is 2. The van der Waals surface area contributed by atoms with E-state index in [0.29, 0.717) is 34.5 Å². The molecule has 3 aromatic carbocycles. The number of hydrogen-bond acceptors (Lipinski definition) is 7. The van der Waals surface area contributed by atoms with Crippen molar-refractivity contribution in [2.75, 3.05) is 30.9 Å². The second-order valence-electron chi connectivity index (χ2n) is 8.56. The van der Waals surface area contributed by atoms with Gasteiger partial charge < -0.3 is 20.1 Å². The number of hydrogen-bond donors (Lipinski definition) is 2. The van der Waals surface area contributed by atoms with Crippen molar-refractivity contribution >= 4 is 63.8 Å². The van der Waals surface area contributed by atoms with Crippen LogP contribution in [0.15, 0.2) is 65.6 Å². The molecule has 12 heteroatoms. The van der Waals surface area contributed by atoms with E-state index in [1.807, 2.05) is 25.1 Å². The van der Waals surface area contributed by atoms with Gasteiger partial charge in [0.2, 0.25) is 5.91 Å². The number of rotatable bonds is 9. The molecule has 1 aliphatic heterocycles. The average molecular weight is 584 g/mol. The highest BCUT2D eigenvalue weighted by Crippen LogP contribution is 2.34. The Labute approximate surface area is 238 Å². The fraction of sp³-hybridized carbons (Fsp3) is 0.143. The van der Waals surface area contributed by atoms with Crippen molar-refractivity contribution in [3.63, 3.8) is 0 Å². The van der Waals surface area contributed by atoms with Gasteiger partial charge in [-0.15, -0.1) is 0 Å². The quantitative estimate of drug-likeness (QED) is 0.320. The first-order valence-electron chi connectivity index (χ1n) is 11.8. The van der Waals surface area contributed by atoms with E-state index in [-0.39, 0.29) is 28.1 Å². The molecular formula is C28H23ClFN3O6S. The summed E-state index contributed by atoms with van der Waals surface area (Å²) in [6, 6.07) is 15.8. The van der Waals surface area contributed by atoms with Crippen molar-refractivity contribution in [3.05, 3.63) is 87.5 Å². The third-order valence-corrected chi connectivity index (χ3v) is 6.72. The molecule has 1 saturated heterocycles. The number of thioether (sulfide) groups is 1. The Morgan fingerprint density at radius 1 is 1.00 bits per heavy atom. The Balaban J connectivity index is 1.38. The summed E-state index contributed by atoms with van der Waals surface area (Å²) in [7, 11) is 1.43. The topological polar surface area (TPSA) is 114 Å². The van der Waals surface area contributed by atoms with Crippen LogP contribution in [0.4, 0.5) is 20.6 Å². The zero-order valence-corrected chi connectivity index (χ0v) is 22.9. The first kappa shape index (κ1) is 28.7. The Bertz CT molecular complexity index is 1530. The largest absolute Gasteiger partial charge is 0.493 e. The number of carbonyl (C=O) groups excluding carboxylic acids is 4. The smallest absolute Gasteiger partial charge is 0.294 e. The molecule has 0 unspecified atom stereocenters. The molecule has 2 N–H and O–H groups in total. The minimum absolute atomic E-state index is 0.107. The summed E-state index contributed by atoms with van der Waals surface area (Å²) in [5.41, 5.74) is 2.42. The minimum atomic E-state index is -0.652. The van der Waals surface area contributed by atoms with E-state index in [2.05, 4.69) is 10.6 Å². The summed E-state index contributed by atoms with van der Waals surface area (Å²) < 4.78 is 24.3. The van der Waals surface area contributed by atoms with Crippen LogP contribution in [-0.2, 0) is 14.4 Å². The third kappa shape index (κ3) is 7.19. The lowest BCUT2D eigenvalue weighted by Gasteiger charge is -2.13. The maximum atomic E-state index is 13.3. The van der Waals surface area contributed by atoms with Crippen LogP contribution < -0.4 is 20.1 Å². The third-order valence-electron chi connectivity index (χ3n) is 5.52. The monoisotopic (exact) mass is 583 g/mol. The molecule has 0 spiro atoms. The SMILES string of the molecule is COc1cc(/C=C2/SC(=O)N(CC(=O)Nc3ccc(F)c(Cl)c3)C2=O)ccc1OCC(=O)Nc1cccc(C)c1. The Morgan fingerprint density at radius 3 is 2.48 bits per heavy atom. The van der Waals surface area contributed by atoms with Crippen molar-refractivity contribution in [2.24, 2.45) is 0 Å². The molecule has 1 heterocycles. The van der Waals surface area contributed by atoms with Gasteiger partial charge in [0.15, 0.2) is 18.1 Å². The van der Waals surface area contributed by atoms with E-state index in [0.717, 1.165) is 16.5 Å². The molecular weight excluding hydrogens is 561 g/mol. The van der Waals surface area contributed by atoms with Crippen molar-refractivity contribution in [3.8, 4) is 11.5 Å². The number of carbonyl (C=O) groups is 4. The van der Waals surface area contributed by atoms with Crippen molar-refractivity contribution in [2.45, 2.75) is 6.92 Å². The van der Waals surface area contributed by atoms with E-state index in [1.165, 1.54) is 25.3 Å². The van der Waals surface area contributed by atoms with Crippen LogP contribution in [-0.4, -0.2) is 48.1 Å². The number of anilines is 2. The summed E-state index contributed by atoms with van der Waals surface area (Å²) in [4.78, 5) is 50.9. The maximum Gasteiger partial charge on any atom is 0.294 e. The van der Waals surface area contributed by atoms with Gasteiger partial charge >= 0.3 is 0 Å². The number of nitrogens with zero attached hydrogens (tertiary/aromatic N) is 1. The highest BCUT2D eigenvalue weighted by atomic mass is 35.5. The Kier molecular flexibility index (Phi) is 9.08. The molecule has 3 aromatic rings. The lowest BCUT2D eigenvalue weighted by Crippen LogP contribution is -2.36. The summed E-state index contributed by atoms with van der Waals surface area (Å²) >= 11 is 6.40. The van der Waals surface area contributed by atoms with Crippen LogP contribution in [0.25, 0.3) is 6.08 Å². The summed E-state index contributed by atoms with van der Waals surface area (Å²) in [5.74, 6) is -1.67. The van der Waals surface area contributed by atoms with Gasteiger partial charge in [-0.25, -0.2) is 4.39 Å². The molecule has 0 saturated carbocycles. The van der Waals surface area contributed by atoms with Gasteiger partial charge in [0, 0.05) is 11.4 Å². The molecule has 0 aliphatic carbocycles. The molecule has 40 heavy (non-hydrogen) atoms. The second-order valence-corrected chi connectivity index (χ2v) is 9.96. The molecule has 9 nitrogen and oxygen atoms in total. The van der Waals surface area contributed by atoms with Crippen molar-refractivity contribution in [1.82, 2.24) is 4.90 Å². The molecule has 4 amide bonds. The van der Waals surface area contributed by atoms with Crippen LogP contribution in [0.1, 0.15) is 11.1 Å². The number of ether oxygens (including phenoxy) is 2. The van der Waals surface area contributed by atoms with E-state index in [4.69, 9.17) is 21.1 Å². The molecule has 0 radical (unpaired) electrons. The van der Waals surface area contributed by atoms with Gasteiger partial charge in [0.25, 0.3) is 17.1 Å². The normalized spacial score (nSPS) is 13.9. The number of aryl methyl sites for hydroxylation is 1. The van der Waals surface area contributed by atoms with E-state index in [9.17, 15) is 23.6 Å². The summed E-state index contributed by atoms with van der Waals surface area (Å²) in [6.45, 7) is 1.13. The van der Waals surface area contributed by atoms with Gasteiger partial charge in [0.1, 0.15) is 12.4 Å². The second kappa shape index (κ2) is 12.7. The molecule has 0 bridgehead atoms. The van der Waals surface area contributed by atoms with E-state index < -0.39 is 29.4 Å². The standard InChI is InChI=1S/C28H23ClFN3O6S/c1-16-4-3-5-18(10-16)32-26(35)15-39-22-9-6-17(11-23(22)38-2)12-24-27(36)33(28(37)40-24)14-25(34)31-19-7-8-21(30)20(29)13-19/h3-13H,14-15H2,1-2H3,(H,31,34)(H,32,35)/b24-12+. The van der Waals surface area contributed by atoms with Crippen LogP contribution >= 0.6 is 23.4 Å². The number of imide groups is 1. The lowest BCUT2D eigenvalue weighted by atomic mass is 10.2. The van der Waals surface area contributed by atoms with Gasteiger partial charge in [-0.05, 0) is 78.4 Å². The van der Waals surface area contributed by atoms with Gasteiger partial charge in [0.05, 0.1) is 17.0 Å². The maximum absolute atomic E-state index is 13.3. The molecule has 1 fully saturated rings. The molecule has 206 valence electrons. The summed E-state index contributed by atoms with van der Waals surface area (Å²) in [5, 5.41) is 4.44. The van der Waals surface area contributed by atoms with E-state index in [1.54, 1.807) is 24.3 Å². The van der Waals surface area contributed by atoms with Gasteiger partial charge in [-0.2, -0.15) is 0 Å². The minimum Gasteiger partial charge on any atom is -0.493 e. The van der Waals surface area contributed by atoms with Gasteiger partial charge in [-0.3, -0.25) is 24.1 Å². The Hall–Kier alpha value is -4.35. The predicted octanol–water partition coefficient (Wildman–Crippen LogP) is 5.49. The van der Waals surface area contributed by atoms with Crippen LogP contribution in [0.3, 0.4) is 0 Å². The molecule has 4 rings (SSSR count). The molecule has 0 atom stereocenters. The first-order chi connectivity index (χ1) is 19.1. The van der Waals surface area contributed by atoms with Crippen molar-refractivity contribution in [1.29, 1.82) is 0 Å². The lowest BCUT2D eigenvalue weighted by molar-refractivity contribution is -0.127. The van der Waals surface area contributed by atoms with Crippen LogP contribution in [0, 0.1) is 12.7 Å². The number of methoxy groups -OCH3 is 1. The fourth-order valence-electron chi connectivity index (χ4n) is 3.66. The predicted molar refractivity (Wildman–Crippen MR) is 151 cm³/mol. The molecule has 0 aromatic heterocycles. The fourth-order valence-corrected chi connectivity index (χ4v) is 4.68. The number of benzene rings is 3. The van der Waals surface area contributed by atoms with Crippen molar-refractivity contribution < 1.29 is 33.0 Å². The Morgan fingerprint density at radius 2 is 1.75 bits per heavy atom. The van der Waals surface area contributed by atoms with Gasteiger partial charge in [-0.1, -0.05) is 29.8 Å².